The number of alkyl halides is 1. The van der Waals surface area contributed by atoms with Crippen molar-refractivity contribution in [1.29, 1.82) is 0 Å². The second-order valence-corrected chi connectivity index (χ2v) is 6.02. The first kappa shape index (κ1) is 12.7. The van der Waals surface area contributed by atoms with Gasteiger partial charge in [0.1, 0.15) is 5.67 Å². The highest BCUT2D eigenvalue weighted by Gasteiger charge is 2.35. The second-order valence-electron chi connectivity index (χ2n) is 6.02. The fourth-order valence-corrected chi connectivity index (χ4v) is 0.656. The Morgan fingerprint density at radius 3 is 1.38 bits per heavy atom. The van der Waals surface area contributed by atoms with E-state index in [1.165, 1.54) is 0 Å². The Morgan fingerprint density at radius 1 is 0.769 bits per heavy atom. The minimum absolute atomic E-state index is 0.0542. The van der Waals surface area contributed by atoms with E-state index in [0.29, 0.717) is 0 Å². The zero-order valence-electron chi connectivity index (χ0n) is 10.0. The predicted octanol–water partition coefficient (Wildman–Crippen LogP) is 4.36. The van der Waals surface area contributed by atoms with Crippen LogP contribution in [0.1, 0.15) is 48.5 Å². The Morgan fingerprint density at radius 2 is 1.15 bits per heavy atom. The SMILES string of the molecule is CC(C)(C)/C=C/C(C)(F)C(C)(C)C. The van der Waals surface area contributed by atoms with Crippen molar-refractivity contribution in [3.63, 3.8) is 0 Å². The molecule has 0 amide bonds. The lowest BCUT2D eigenvalue weighted by Crippen LogP contribution is -2.33. The quantitative estimate of drug-likeness (QED) is 0.534. The van der Waals surface area contributed by atoms with Gasteiger partial charge >= 0.3 is 0 Å². The highest BCUT2D eigenvalue weighted by Crippen LogP contribution is 2.35. The largest absolute Gasteiger partial charge is 0.239 e. The van der Waals surface area contributed by atoms with Gasteiger partial charge in [-0.25, -0.2) is 4.39 Å². The third-order valence-corrected chi connectivity index (χ3v) is 2.36. The van der Waals surface area contributed by atoms with E-state index in [-0.39, 0.29) is 10.8 Å². The van der Waals surface area contributed by atoms with Crippen molar-refractivity contribution in [3.05, 3.63) is 12.2 Å². The molecular weight excluding hydrogens is 163 g/mol. The van der Waals surface area contributed by atoms with Crippen molar-refractivity contribution in [3.8, 4) is 0 Å². The smallest absolute Gasteiger partial charge is 0.131 e. The molecule has 0 aromatic rings. The van der Waals surface area contributed by atoms with E-state index in [1.807, 2.05) is 26.8 Å². The molecule has 13 heavy (non-hydrogen) atoms. The van der Waals surface area contributed by atoms with E-state index < -0.39 is 5.67 Å². The molecule has 0 heterocycles. The van der Waals surface area contributed by atoms with Crippen LogP contribution < -0.4 is 0 Å². The highest BCUT2D eigenvalue weighted by molar-refractivity contribution is 5.08. The lowest BCUT2D eigenvalue weighted by Gasteiger charge is -2.32. The van der Waals surface area contributed by atoms with Crippen LogP contribution in [0.15, 0.2) is 12.2 Å². The van der Waals surface area contributed by atoms with Crippen molar-refractivity contribution in [2.45, 2.75) is 54.1 Å². The van der Waals surface area contributed by atoms with E-state index in [1.54, 1.807) is 13.0 Å². The molecule has 1 heteroatoms. The summed E-state index contributed by atoms with van der Waals surface area (Å²) < 4.78 is 14.0. The molecule has 0 rings (SSSR count). The summed E-state index contributed by atoms with van der Waals surface area (Å²) in [4.78, 5) is 0. The lowest BCUT2D eigenvalue weighted by molar-refractivity contribution is 0.0982. The van der Waals surface area contributed by atoms with Crippen LogP contribution in [-0.2, 0) is 0 Å². The molecule has 0 bridgehead atoms. The van der Waals surface area contributed by atoms with E-state index in [9.17, 15) is 4.39 Å². The minimum atomic E-state index is -1.24. The first-order valence-corrected chi connectivity index (χ1v) is 4.85. The predicted molar refractivity (Wildman–Crippen MR) is 57.6 cm³/mol. The van der Waals surface area contributed by atoms with Crippen LogP contribution in [0.2, 0.25) is 0 Å². The maximum absolute atomic E-state index is 14.0. The third-order valence-electron chi connectivity index (χ3n) is 2.36. The van der Waals surface area contributed by atoms with E-state index >= 15 is 0 Å². The van der Waals surface area contributed by atoms with Gasteiger partial charge in [-0.05, 0) is 17.8 Å². The zero-order valence-corrected chi connectivity index (χ0v) is 10.0. The fraction of sp³-hybridized carbons (Fsp3) is 0.833. The van der Waals surface area contributed by atoms with Crippen LogP contribution in [0.4, 0.5) is 4.39 Å². The molecule has 0 saturated carbocycles. The summed E-state index contributed by atoms with van der Waals surface area (Å²) in [5, 5.41) is 0. The van der Waals surface area contributed by atoms with Gasteiger partial charge in [0.15, 0.2) is 0 Å². The van der Waals surface area contributed by atoms with E-state index in [4.69, 9.17) is 0 Å². The molecule has 1 unspecified atom stereocenters. The molecule has 0 aromatic carbocycles. The van der Waals surface area contributed by atoms with Crippen molar-refractivity contribution in [1.82, 2.24) is 0 Å². The molecule has 78 valence electrons. The van der Waals surface area contributed by atoms with Gasteiger partial charge in [0.2, 0.25) is 0 Å². The summed E-state index contributed by atoms with van der Waals surface area (Å²) in [5.41, 5.74) is -1.52. The van der Waals surface area contributed by atoms with Gasteiger partial charge in [-0.2, -0.15) is 0 Å². The first-order chi connectivity index (χ1) is 5.46. The molecular formula is C12H23F. The molecule has 0 aliphatic rings. The Kier molecular flexibility index (Phi) is 3.35. The van der Waals surface area contributed by atoms with Gasteiger partial charge in [0.05, 0.1) is 0 Å². The summed E-state index contributed by atoms with van der Waals surface area (Å²) in [6.45, 7) is 13.6. The maximum Gasteiger partial charge on any atom is 0.131 e. The minimum Gasteiger partial charge on any atom is -0.239 e. The van der Waals surface area contributed by atoms with Crippen molar-refractivity contribution in [2.75, 3.05) is 0 Å². The summed E-state index contributed by atoms with van der Waals surface area (Å²) >= 11 is 0. The normalized spacial score (nSPS) is 19.1. The topological polar surface area (TPSA) is 0 Å². The summed E-state index contributed by atoms with van der Waals surface area (Å²) in [6, 6.07) is 0. The first-order valence-electron chi connectivity index (χ1n) is 4.85. The molecule has 0 nitrogen and oxygen atoms in total. The van der Waals surface area contributed by atoms with Gasteiger partial charge in [0, 0.05) is 0 Å². The summed E-state index contributed by atoms with van der Waals surface area (Å²) in [7, 11) is 0. The highest BCUT2D eigenvalue weighted by atomic mass is 19.1. The molecule has 0 aromatic heterocycles. The zero-order chi connectivity index (χ0) is 10.9. The number of allylic oxidation sites excluding steroid dienone is 2. The molecule has 0 saturated heterocycles. The summed E-state index contributed by atoms with van der Waals surface area (Å²) in [6.07, 6.45) is 3.63. The number of rotatable bonds is 1. The Hall–Kier alpha value is -0.330. The van der Waals surface area contributed by atoms with E-state index in [2.05, 4.69) is 20.8 Å². The third kappa shape index (κ3) is 4.44. The molecule has 0 spiro atoms. The molecule has 0 N–H and O–H groups in total. The van der Waals surface area contributed by atoms with Gasteiger partial charge in [0.25, 0.3) is 0 Å². The fourth-order valence-electron chi connectivity index (χ4n) is 0.656. The van der Waals surface area contributed by atoms with Crippen molar-refractivity contribution < 1.29 is 4.39 Å². The number of halogens is 1. The number of hydrogen-bond donors (Lipinski definition) is 0. The monoisotopic (exact) mass is 186 g/mol. The van der Waals surface area contributed by atoms with Crippen LogP contribution >= 0.6 is 0 Å². The van der Waals surface area contributed by atoms with Crippen LogP contribution in [-0.4, -0.2) is 5.67 Å². The Bertz CT molecular complexity index is 186. The van der Waals surface area contributed by atoms with Gasteiger partial charge in [-0.3, -0.25) is 0 Å². The average Bonchev–Trinajstić information content (AvgIpc) is 1.79. The molecule has 0 fully saturated rings. The Balaban J connectivity index is 4.62. The van der Waals surface area contributed by atoms with Gasteiger partial charge in [-0.15, -0.1) is 0 Å². The molecule has 0 aliphatic carbocycles. The number of hydrogen-bond acceptors (Lipinski definition) is 0. The van der Waals surface area contributed by atoms with Crippen LogP contribution in [0.3, 0.4) is 0 Å². The van der Waals surface area contributed by atoms with Crippen molar-refractivity contribution >= 4 is 0 Å². The van der Waals surface area contributed by atoms with Gasteiger partial charge < -0.3 is 0 Å². The molecule has 0 aliphatic heterocycles. The van der Waals surface area contributed by atoms with Gasteiger partial charge in [-0.1, -0.05) is 53.7 Å². The van der Waals surface area contributed by atoms with Crippen LogP contribution in [0, 0.1) is 10.8 Å². The van der Waals surface area contributed by atoms with E-state index in [0.717, 1.165) is 0 Å². The van der Waals surface area contributed by atoms with Crippen molar-refractivity contribution in [2.24, 2.45) is 10.8 Å². The average molecular weight is 186 g/mol. The van der Waals surface area contributed by atoms with Crippen LogP contribution in [0.5, 0.6) is 0 Å². The maximum atomic E-state index is 14.0. The molecule has 0 radical (unpaired) electrons. The molecule has 1 atom stereocenters. The standard InChI is InChI=1S/C12H23F/c1-10(2,3)8-9-12(7,13)11(4,5)6/h8-9H,1-7H3/b9-8+. The van der Waals surface area contributed by atoms with Crippen LogP contribution in [0.25, 0.3) is 0 Å². The Labute approximate surface area is 82.2 Å². The lowest BCUT2D eigenvalue weighted by atomic mass is 9.78. The summed E-state index contributed by atoms with van der Waals surface area (Å²) in [5.74, 6) is 0. The second kappa shape index (κ2) is 3.43.